The molecule has 2 heterocycles. The molecule has 0 aliphatic carbocycles. The van der Waals surface area contributed by atoms with E-state index >= 15 is 0 Å². The van der Waals surface area contributed by atoms with Crippen LogP contribution in [0.15, 0.2) is 12.1 Å². The number of nitrogens with two attached hydrogens (primary N) is 1. The Balaban J connectivity index is 0.00000264. The summed E-state index contributed by atoms with van der Waals surface area (Å²) in [5.41, 5.74) is 5.75. The van der Waals surface area contributed by atoms with Crippen LogP contribution < -0.4 is 16.0 Å². The number of aromatic nitrogens is 2. The van der Waals surface area contributed by atoms with Crippen LogP contribution in [-0.4, -0.2) is 41.3 Å². The molecule has 0 saturated carbocycles. The molecule has 1 amide bonds. The number of nitrogens with zero attached hydrogens (tertiary/aromatic N) is 3. The second-order valence-corrected chi connectivity index (χ2v) is 6.79. The second-order valence-electron chi connectivity index (χ2n) is 6.79. The lowest BCUT2D eigenvalue weighted by Crippen LogP contribution is -2.52. The highest BCUT2D eigenvalue weighted by molar-refractivity contribution is 5.92. The Morgan fingerprint density at radius 1 is 1.29 bits per heavy atom. The standard InChI is InChI=1S/C16H27N5O.2ClH/c1-12(2)10-16(3,11-17)18-15(22)13-6-7-14(20-19-13)21-8-4-5-9-21;;/h6-7,12H,4-5,8-11,17H2,1-3H3,(H,18,22);2*1H. The van der Waals surface area contributed by atoms with Crippen molar-refractivity contribution in [2.75, 3.05) is 24.5 Å². The highest BCUT2D eigenvalue weighted by atomic mass is 35.5. The fourth-order valence-electron chi connectivity index (χ4n) is 2.99. The van der Waals surface area contributed by atoms with E-state index in [1.807, 2.05) is 13.0 Å². The average molecular weight is 378 g/mol. The van der Waals surface area contributed by atoms with Crippen LogP contribution >= 0.6 is 24.8 Å². The quantitative estimate of drug-likeness (QED) is 0.794. The molecule has 6 nitrogen and oxygen atoms in total. The number of hydrogen-bond acceptors (Lipinski definition) is 5. The lowest BCUT2D eigenvalue weighted by atomic mass is 9.90. The van der Waals surface area contributed by atoms with Gasteiger partial charge in [-0.2, -0.15) is 0 Å². The summed E-state index contributed by atoms with van der Waals surface area (Å²) in [4.78, 5) is 14.5. The molecule has 1 aliphatic rings. The van der Waals surface area contributed by atoms with E-state index in [-0.39, 0.29) is 30.7 Å². The third kappa shape index (κ3) is 6.07. The Bertz CT molecular complexity index is 506. The SMILES string of the molecule is CC(C)CC(C)(CN)NC(=O)c1ccc(N2CCCC2)nn1.Cl.Cl. The zero-order valence-electron chi connectivity index (χ0n) is 14.6. The number of carbonyl (C=O) groups is 1. The molecule has 1 fully saturated rings. The Hall–Kier alpha value is -1.11. The van der Waals surface area contributed by atoms with Gasteiger partial charge in [0, 0.05) is 19.6 Å². The molecule has 24 heavy (non-hydrogen) atoms. The van der Waals surface area contributed by atoms with Gasteiger partial charge in [0.15, 0.2) is 11.5 Å². The maximum Gasteiger partial charge on any atom is 0.272 e. The average Bonchev–Trinajstić information content (AvgIpc) is 3.00. The molecule has 0 aromatic carbocycles. The van der Waals surface area contributed by atoms with Gasteiger partial charge >= 0.3 is 0 Å². The minimum atomic E-state index is -0.416. The summed E-state index contributed by atoms with van der Waals surface area (Å²) >= 11 is 0. The predicted octanol–water partition coefficient (Wildman–Crippen LogP) is 2.41. The fourth-order valence-corrected chi connectivity index (χ4v) is 2.99. The molecule has 0 radical (unpaired) electrons. The Morgan fingerprint density at radius 2 is 1.92 bits per heavy atom. The number of amides is 1. The number of carbonyl (C=O) groups excluding carboxylic acids is 1. The van der Waals surface area contributed by atoms with Crippen LogP contribution in [0.25, 0.3) is 0 Å². The second kappa shape index (κ2) is 10.0. The van der Waals surface area contributed by atoms with Gasteiger partial charge in [0.25, 0.3) is 5.91 Å². The van der Waals surface area contributed by atoms with Gasteiger partial charge in [-0.25, -0.2) is 0 Å². The molecule has 3 N–H and O–H groups in total. The first kappa shape index (κ1) is 22.9. The van der Waals surface area contributed by atoms with Crippen molar-refractivity contribution in [3.63, 3.8) is 0 Å². The van der Waals surface area contributed by atoms with E-state index in [1.54, 1.807) is 6.07 Å². The molecular formula is C16H29Cl2N5O. The lowest BCUT2D eigenvalue weighted by Gasteiger charge is -2.31. The van der Waals surface area contributed by atoms with E-state index in [4.69, 9.17) is 5.73 Å². The fraction of sp³-hybridized carbons (Fsp3) is 0.688. The normalized spacial score (nSPS) is 16.1. The van der Waals surface area contributed by atoms with Crippen LogP contribution in [0.4, 0.5) is 5.82 Å². The van der Waals surface area contributed by atoms with E-state index in [0.29, 0.717) is 18.2 Å². The van der Waals surface area contributed by atoms with E-state index in [0.717, 1.165) is 25.3 Å². The van der Waals surface area contributed by atoms with Crippen molar-refractivity contribution < 1.29 is 4.79 Å². The van der Waals surface area contributed by atoms with Crippen LogP contribution in [0, 0.1) is 5.92 Å². The zero-order valence-corrected chi connectivity index (χ0v) is 16.3. The number of hydrogen-bond donors (Lipinski definition) is 2. The molecule has 0 bridgehead atoms. The minimum absolute atomic E-state index is 0. The van der Waals surface area contributed by atoms with Crippen LogP contribution in [0.2, 0.25) is 0 Å². The van der Waals surface area contributed by atoms with Gasteiger partial charge in [0.1, 0.15) is 0 Å². The van der Waals surface area contributed by atoms with E-state index in [2.05, 4.69) is 34.3 Å². The van der Waals surface area contributed by atoms with Crippen molar-refractivity contribution in [3.8, 4) is 0 Å². The smallest absolute Gasteiger partial charge is 0.272 e. The summed E-state index contributed by atoms with van der Waals surface area (Å²) in [6.07, 6.45) is 3.20. The predicted molar refractivity (Wildman–Crippen MR) is 102 cm³/mol. The molecule has 1 aromatic rings. The molecule has 1 unspecified atom stereocenters. The zero-order chi connectivity index (χ0) is 16.2. The van der Waals surface area contributed by atoms with E-state index in [1.165, 1.54) is 12.8 Å². The largest absolute Gasteiger partial charge is 0.355 e. The van der Waals surface area contributed by atoms with Gasteiger partial charge in [-0.05, 0) is 44.2 Å². The van der Waals surface area contributed by atoms with Crippen molar-refractivity contribution in [1.29, 1.82) is 0 Å². The van der Waals surface area contributed by atoms with E-state index < -0.39 is 5.54 Å². The van der Waals surface area contributed by atoms with Gasteiger partial charge in [-0.3, -0.25) is 4.79 Å². The highest BCUT2D eigenvalue weighted by Gasteiger charge is 2.27. The molecule has 1 atom stereocenters. The van der Waals surface area contributed by atoms with Crippen molar-refractivity contribution in [1.82, 2.24) is 15.5 Å². The molecule has 1 saturated heterocycles. The minimum Gasteiger partial charge on any atom is -0.355 e. The lowest BCUT2D eigenvalue weighted by molar-refractivity contribution is 0.0892. The van der Waals surface area contributed by atoms with Crippen molar-refractivity contribution in [3.05, 3.63) is 17.8 Å². The topological polar surface area (TPSA) is 84.1 Å². The van der Waals surface area contributed by atoms with Crippen LogP contribution in [0.5, 0.6) is 0 Å². The molecule has 2 rings (SSSR count). The first-order chi connectivity index (χ1) is 10.4. The third-order valence-corrected chi connectivity index (χ3v) is 4.04. The van der Waals surface area contributed by atoms with Gasteiger partial charge in [-0.15, -0.1) is 35.0 Å². The Kier molecular flexibility index (Phi) is 9.55. The molecule has 138 valence electrons. The first-order valence-electron chi connectivity index (χ1n) is 8.05. The third-order valence-electron chi connectivity index (χ3n) is 4.04. The summed E-state index contributed by atoms with van der Waals surface area (Å²) in [6.45, 7) is 8.63. The van der Waals surface area contributed by atoms with Gasteiger partial charge < -0.3 is 16.0 Å². The molecule has 1 aliphatic heterocycles. The highest BCUT2D eigenvalue weighted by Crippen LogP contribution is 2.18. The Morgan fingerprint density at radius 3 is 2.38 bits per heavy atom. The number of halogens is 2. The molecule has 8 heteroatoms. The summed E-state index contributed by atoms with van der Waals surface area (Å²) < 4.78 is 0. The van der Waals surface area contributed by atoms with Crippen LogP contribution in [0.3, 0.4) is 0 Å². The summed E-state index contributed by atoms with van der Waals surface area (Å²) in [7, 11) is 0. The number of anilines is 1. The summed E-state index contributed by atoms with van der Waals surface area (Å²) in [5, 5.41) is 11.3. The first-order valence-corrected chi connectivity index (χ1v) is 8.05. The molecular weight excluding hydrogens is 349 g/mol. The summed E-state index contributed by atoms with van der Waals surface area (Å²) in [6, 6.07) is 3.61. The van der Waals surface area contributed by atoms with Gasteiger partial charge in [0.2, 0.25) is 0 Å². The molecule has 1 aromatic heterocycles. The monoisotopic (exact) mass is 377 g/mol. The maximum atomic E-state index is 12.4. The summed E-state index contributed by atoms with van der Waals surface area (Å²) in [5.74, 6) is 1.09. The Labute approximate surface area is 156 Å². The maximum absolute atomic E-state index is 12.4. The van der Waals surface area contributed by atoms with Gasteiger partial charge in [0.05, 0.1) is 5.54 Å². The molecule has 0 spiro atoms. The number of nitrogens with one attached hydrogen (secondary N) is 1. The number of rotatable bonds is 6. The van der Waals surface area contributed by atoms with Crippen LogP contribution in [0.1, 0.15) is 50.5 Å². The van der Waals surface area contributed by atoms with E-state index in [9.17, 15) is 4.79 Å². The van der Waals surface area contributed by atoms with Crippen LogP contribution in [-0.2, 0) is 0 Å². The van der Waals surface area contributed by atoms with Crippen molar-refractivity contribution in [2.45, 2.75) is 45.6 Å². The van der Waals surface area contributed by atoms with Crippen molar-refractivity contribution >= 4 is 36.5 Å². The van der Waals surface area contributed by atoms with Gasteiger partial charge in [-0.1, -0.05) is 13.8 Å². The van der Waals surface area contributed by atoms with Crippen molar-refractivity contribution in [2.24, 2.45) is 11.7 Å².